The molecule has 0 bridgehead atoms. The lowest BCUT2D eigenvalue weighted by Gasteiger charge is -2.21. The zero-order chi connectivity index (χ0) is 13.0. The maximum absolute atomic E-state index is 13.7. The maximum Gasteiger partial charge on any atom is 0.146 e. The molecule has 0 saturated carbocycles. The summed E-state index contributed by atoms with van der Waals surface area (Å²) in [6.07, 6.45) is 0. The van der Waals surface area contributed by atoms with E-state index in [2.05, 4.69) is 0 Å². The van der Waals surface area contributed by atoms with Crippen molar-refractivity contribution in [3.63, 3.8) is 0 Å². The highest BCUT2D eigenvalue weighted by molar-refractivity contribution is 5.47. The van der Waals surface area contributed by atoms with Crippen molar-refractivity contribution in [3.8, 4) is 0 Å². The molecule has 0 radical (unpaired) electrons. The first kappa shape index (κ1) is 12.6. The van der Waals surface area contributed by atoms with Crippen LogP contribution in [0.5, 0.6) is 0 Å². The molecule has 0 aliphatic rings. The van der Waals surface area contributed by atoms with Gasteiger partial charge < -0.3 is 10.6 Å². The van der Waals surface area contributed by atoms with Crippen molar-refractivity contribution in [1.82, 2.24) is 0 Å². The van der Waals surface area contributed by atoms with Crippen molar-refractivity contribution < 1.29 is 4.39 Å². The van der Waals surface area contributed by atoms with Crippen LogP contribution >= 0.6 is 0 Å². The first-order valence-corrected chi connectivity index (χ1v) is 5.95. The van der Waals surface area contributed by atoms with Crippen LogP contribution in [0.25, 0.3) is 0 Å². The van der Waals surface area contributed by atoms with E-state index in [0.717, 1.165) is 11.1 Å². The van der Waals surface area contributed by atoms with E-state index in [-0.39, 0.29) is 5.82 Å². The maximum atomic E-state index is 13.7. The van der Waals surface area contributed by atoms with Crippen LogP contribution in [0.15, 0.2) is 48.5 Å². The Kier molecular flexibility index (Phi) is 3.95. The minimum absolute atomic E-state index is 0.203. The highest BCUT2D eigenvalue weighted by Crippen LogP contribution is 2.20. The fourth-order valence-corrected chi connectivity index (χ4v) is 2.01. The average Bonchev–Trinajstić information content (AvgIpc) is 2.39. The Bertz CT molecular complexity index is 525. The highest BCUT2D eigenvalue weighted by Gasteiger charge is 2.08. The Morgan fingerprint density at radius 1 is 1.00 bits per heavy atom. The SMILES string of the molecule is CN(Cc1ccccc1CN)c1ccccc1F. The van der Waals surface area contributed by atoms with E-state index in [0.29, 0.717) is 18.8 Å². The minimum Gasteiger partial charge on any atom is -0.368 e. The molecule has 0 spiro atoms. The van der Waals surface area contributed by atoms with E-state index >= 15 is 0 Å². The molecule has 0 fully saturated rings. The van der Waals surface area contributed by atoms with Gasteiger partial charge >= 0.3 is 0 Å². The predicted octanol–water partition coefficient (Wildman–Crippen LogP) is 2.92. The quantitative estimate of drug-likeness (QED) is 0.896. The molecule has 0 aromatic heterocycles. The topological polar surface area (TPSA) is 29.3 Å². The number of para-hydroxylation sites is 1. The van der Waals surface area contributed by atoms with Gasteiger partial charge in [-0.25, -0.2) is 4.39 Å². The molecule has 0 unspecified atom stereocenters. The van der Waals surface area contributed by atoms with Gasteiger partial charge in [-0.2, -0.15) is 0 Å². The van der Waals surface area contributed by atoms with E-state index in [1.165, 1.54) is 6.07 Å². The number of nitrogens with two attached hydrogens (primary N) is 1. The molecule has 2 rings (SSSR count). The van der Waals surface area contributed by atoms with Crippen LogP contribution in [-0.2, 0) is 13.1 Å². The number of halogens is 1. The Morgan fingerprint density at radius 2 is 1.61 bits per heavy atom. The second kappa shape index (κ2) is 5.65. The zero-order valence-corrected chi connectivity index (χ0v) is 10.4. The molecule has 0 aliphatic carbocycles. The van der Waals surface area contributed by atoms with Gasteiger partial charge in [0.25, 0.3) is 0 Å². The summed E-state index contributed by atoms with van der Waals surface area (Å²) in [5.74, 6) is -0.203. The number of anilines is 1. The van der Waals surface area contributed by atoms with E-state index in [9.17, 15) is 4.39 Å². The van der Waals surface area contributed by atoms with Gasteiger partial charge in [-0.05, 0) is 23.3 Å². The number of rotatable bonds is 4. The fourth-order valence-electron chi connectivity index (χ4n) is 2.01. The molecule has 2 aromatic carbocycles. The number of hydrogen-bond acceptors (Lipinski definition) is 2. The largest absolute Gasteiger partial charge is 0.368 e. The number of hydrogen-bond donors (Lipinski definition) is 1. The van der Waals surface area contributed by atoms with Gasteiger partial charge in [0.2, 0.25) is 0 Å². The Labute approximate surface area is 107 Å². The van der Waals surface area contributed by atoms with Gasteiger partial charge in [0.15, 0.2) is 0 Å². The summed E-state index contributed by atoms with van der Waals surface area (Å²) >= 11 is 0. The number of nitrogens with zero attached hydrogens (tertiary/aromatic N) is 1. The molecule has 2 aromatic rings. The molecule has 18 heavy (non-hydrogen) atoms. The molecule has 0 aliphatic heterocycles. The molecule has 0 atom stereocenters. The lowest BCUT2D eigenvalue weighted by molar-refractivity contribution is 0.622. The van der Waals surface area contributed by atoms with Crippen molar-refractivity contribution in [1.29, 1.82) is 0 Å². The third kappa shape index (κ3) is 2.68. The van der Waals surface area contributed by atoms with Crippen molar-refractivity contribution in [2.24, 2.45) is 5.73 Å². The first-order valence-electron chi connectivity index (χ1n) is 5.95. The van der Waals surface area contributed by atoms with Crippen molar-refractivity contribution in [2.45, 2.75) is 13.1 Å². The smallest absolute Gasteiger partial charge is 0.146 e. The van der Waals surface area contributed by atoms with E-state index in [4.69, 9.17) is 5.73 Å². The molecule has 3 heteroatoms. The van der Waals surface area contributed by atoms with Gasteiger partial charge in [-0.15, -0.1) is 0 Å². The molecule has 0 saturated heterocycles. The highest BCUT2D eigenvalue weighted by atomic mass is 19.1. The van der Waals surface area contributed by atoms with E-state index in [1.54, 1.807) is 12.1 Å². The zero-order valence-electron chi connectivity index (χ0n) is 10.4. The molecule has 0 heterocycles. The third-order valence-electron chi connectivity index (χ3n) is 3.01. The second-order valence-electron chi connectivity index (χ2n) is 4.28. The van der Waals surface area contributed by atoms with E-state index < -0.39 is 0 Å². The van der Waals surface area contributed by atoms with Crippen molar-refractivity contribution in [3.05, 3.63) is 65.5 Å². The molecule has 94 valence electrons. The molecular formula is C15H17FN2. The van der Waals surface area contributed by atoms with Gasteiger partial charge in [0.05, 0.1) is 5.69 Å². The van der Waals surface area contributed by atoms with Crippen LogP contribution in [0, 0.1) is 5.82 Å². The summed E-state index contributed by atoms with van der Waals surface area (Å²) in [4.78, 5) is 1.89. The summed E-state index contributed by atoms with van der Waals surface area (Å²) in [7, 11) is 1.88. The Balaban J connectivity index is 2.21. The second-order valence-corrected chi connectivity index (χ2v) is 4.28. The summed E-state index contributed by atoms with van der Waals surface area (Å²) in [5.41, 5.74) is 8.53. The Hall–Kier alpha value is -1.87. The predicted molar refractivity (Wildman–Crippen MR) is 72.8 cm³/mol. The molecular weight excluding hydrogens is 227 g/mol. The average molecular weight is 244 g/mol. The van der Waals surface area contributed by atoms with Crippen LogP contribution in [-0.4, -0.2) is 7.05 Å². The van der Waals surface area contributed by atoms with Gasteiger partial charge in [0.1, 0.15) is 5.82 Å². The first-order chi connectivity index (χ1) is 8.72. The summed E-state index contributed by atoms with van der Waals surface area (Å²) in [5, 5.41) is 0. The summed E-state index contributed by atoms with van der Waals surface area (Å²) in [6, 6.07) is 14.8. The van der Waals surface area contributed by atoms with Gasteiger partial charge in [0, 0.05) is 20.1 Å². The molecule has 0 amide bonds. The fraction of sp³-hybridized carbons (Fsp3) is 0.200. The minimum atomic E-state index is -0.203. The summed E-state index contributed by atoms with van der Waals surface area (Å²) < 4.78 is 13.7. The van der Waals surface area contributed by atoms with Crippen LogP contribution in [0.4, 0.5) is 10.1 Å². The monoisotopic (exact) mass is 244 g/mol. The lowest BCUT2D eigenvalue weighted by Crippen LogP contribution is -2.19. The lowest BCUT2D eigenvalue weighted by atomic mass is 10.1. The number of benzene rings is 2. The standard InChI is InChI=1S/C15H17FN2/c1-18(15-9-5-4-8-14(15)16)11-13-7-3-2-6-12(13)10-17/h2-9H,10-11,17H2,1H3. The van der Waals surface area contributed by atoms with Crippen LogP contribution < -0.4 is 10.6 Å². The van der Waals surface area contributed by atoms with Crippen LogP contribution in [0.1, 0.15) is 11.1 Å². The van der Waals surface area contributed by atoms with Crippen LogP contribution in [0.2, 0.25) is 0 Å². The van der Waals surface area contributed by atoms with Crippen molar-refractivity contribution in [2.75, 3.05) is 11.9 Å². The van der Waals surface area contributed by atoms with Gasteiger partial charge in [-0.1, -0.05) is 36.4 Å². The van der Waals surface area contributed by atoms with E-state index in [1.807, 2.05) is 42.3 Å². The normalized spacial score (nSPS) is 10.4. The molecule has 2 N–H and O–H groups in total. The third-order valence-corrected chi connectivity index (χ3v) is 3.01. The molecule has 2 nitrogen and oxygen atoms in total. The summed E-state index contributed by atoms with van der Waals surface area (Å²) in [6.45, 7) is 1.15. The van der Waals surface area contributed by atoms with Crippen LogP contribution in [0.3, 0.4) is 0 Å². The van der Waals surface area contributed by atoms with Crippen molar-refractivity contribution >= 4 is 5.69 Å². The Morgan fingerprint density at radius 3 is 2.28 bits per heavy atom. The van der Waals surface area contributed by atoms with Gasteiger partial charge in [-0.3, -0.25) is 0 Å².